The van der Waals surface area contributed by atoms with Gasteiger partial charge in [0.05, 0.1) is 0 Å². The van der Waals surface area contributed by atoms with Crippen LogP contribution in [0.25, 0.3) is 0 Å². The predicted octanol–water partition coefficient (Wildman–Crippen LogP) is 4.41. The molecule has 26 heavy (non-hydrogen) atoms. The Bertz CT molecular complexity index is 765. The molecule has 0 unspecified atom stereocenters. The molecule has 2 rings (SSSR count). The third-order valence-electron chi connectivity index (χ3n) is 3.49. The molecule has 0 heterocycles. The number of carbonyl (C=O) groups is 1. The Hall–Kier alpha value is -2.82. The molecule has 2 aromatic rings. The number of anilines is 1. The van der Waals surface area contributed by atoms with Gasteiger partial charge in [0, 0.05) is 17.0 Å². The second-order valence-corrected chi connectivity index (χ2v) is 7.05. The second kappa shape index (κ2) is 8.52. The van der Waals surface area contributed by atoms with Crippen LogP contribution in [0.4, 0.5) is 5.69 Å². The average molecular weight is 354 g/mol. The Morgan fingerprint density at radius 2 is 1.81 bits per heavy atom. The standard InChI is InChI=1S/C21H26N2O3/c1-15(22)18-12-17(25-14-16-8-6-5-7-9-16)10-11-19(18)23-13-20(24)26-21(2,3)4/h5-12,22-23H,13-14H2,1-4H3. The van der Waals surface area contributed by atoms with E-state index < -0.39 is 5.60 Å². The summed E-state index contributed by atoms with van der Waals surface area (Å²) < 4.78 is 11.1. The maximum atomic E-state index is 11.9. The predicted molar refractivity (Wildman–Crippen MR) is 104 cm³/mol. The second-order valence-electron chi connectivity index (χ2n) is 7.05. The van der Waals surface area contributed by atoms with Crippen LogP contribution in [0, 0.1) is 5.41 Å². The molecule has 2 aromatic carbocycles. The van der Waals surface area contributed by atoms with Crippen molar-refractivity contribution in [2.75, 3.05) is 11.9 Å². The SMILES string of the molecule is CC(=N)c1cc(OCc2ccccc2)ccc1NCC(=O)OC(C)(C)C. The summed E-state index contributed by atoms with van der Waals surface area (Å²) in [6, 6.07) is 15.4. The lowest BCUT2D eigenvalue weighted by atomic mass is 10.1. The monoisotopic (exact) mass is 354 g/mol. The molecule has 0 amide bonds. The van der Waals surface area contributed by atoms with E-state index >= 15 is 0 Å². The Kier molecular flexibility index (Phi) is 6.39. The molecule has 0 aliphatic carbocycles. The van der Waals surface area contributed by atoms with E-state index in [-0.39, 0.29) is 12.5 Å². The lowest BCUT2D eigenvalue weighted by Crippen LogP contribution is -2.28. The molecule has 0 fully saturated rings. The van der Waals surface area contributed by atoms with E-state index in [9.17, 15) is 4.79 Å². The van der Waals surface area contributed by atoms with Gasteiger partial charge in [-0.05, 0) is 51.5 Å². The lowest BCUT2D eigenvalue weighted by molar-refractivity contribution is -0.152. The lowest BCUT2D eigenvalue weighted by Gasteiger charge is -2.20. The van der Waals surface area contributed by atoms with E-state index in [2.05, 4.69) is 5.32 Å². The molecule has 0 saturated carbocycles. The number of nitrogens with one attached hydrogen (secondary N) is 2. The minimum atomic E-state index is -0.520. The van der Waals surface area contributed by atoms with Gasteiger partial charge in [0.25, 0.3) is 0 Å². The molecule has 0 aliphatic heterocycles. The number of benzene rings is 2. The molecule has 2 N–H and O–H groups in total. The van der Waals surface area contributed by atoms with Crippen molar-refractivity contribution in [3.8, 4) is 5.75 Å². The maximum Gasteiger partial charge on any atom is 0.325 e. The molecule has 5 nitrogen and oxygen atoms in total. The van der Waals surface area contributed by atoms with Crippen molar-refractivity contribution in [1.82, 2.24) is 0 Å². The van der Waals surface area contributed by atoms with Crippen molar-refractivity contribution >= 4 is 17.4 Å². The van der Waals surface area contributed by atoms with Gasteiger partial charge in [-0.2, -0.15) is 0 Å². The molecule has 0 atom stereocenters. The first-order valence-corrected chi connectivity index (χ1v) is 8.56. The van der Waals surface area contributed by atoms with Crippen molar-refractivity contribution in [2.45, 2.75) is 39.9 Å². The van der Waals surface area contributed by atoms with E-state index in [0.29, 0.717) is 29.3 Å². The maximum absolute atomic E-state index is 11.9. The molecule has 0 spiro atoms. The summed E-state index contributed by atoms with van der Waals surface area (Å²) in [5.41, 5.74) is 2.35. The normalized spacial score (nSPS) is 10.9. The van der Waals surface area contributed by atoms with Crippen LogP contribution in [0.15, 0.2) is 48.5 Å². The van der Waals surface area contributed by atoms with E-state index in [0.717, 1.165) is 5.56 Å². The van der Waals surface area contributed by atoms with Crippen LogP contribution >= 0.6 is 0 Å². The van der Waals surface area contributed by atoms with Gasteiger partial charge in [-0.3, -0.25) is 4.79 Å². The average Bonchev–Trinajstić information content (AvgIpc) is 2.57. The van der Waals surface area contributed by atoms with Gasteiger partial charge in [0.2, 0.25) is 0 Å². The first-order valence-electron chi connectivity index (χ1n) is 8.56. The van der Waals surface area contributed by atoms with Gasteiger partial charge < -0.3 is 20.2 Å². The zero-order valence-corrected chi connectivity index (χ0v) is 15.8. The number of hydrogen-bond acceptors (Lipinski definition) is 5. The summed E-state index contributed by atoms with van der Waals surface area (Å²) >= 11 is 0. The molecule has 0 radical (unpaired) electrons. The Labute approximate surface area is 154 Å². The van der Waals surface area contributed by atoms with Crippen molar-refractivity contribution < 1.29 is 14.3 Å². The minimum absolute atomic E-state index is 0.0434. The molecule has 0 aliphatic rings. The van der Waals surface area contributed by atoms with Crippen LogP contribution in [0.2, 0.25) is 0 Å². The summed E-state index contributed by atoms with van der Waals surface area (Å²) in [6.07, 6.45) is 0. The largest absolute Gasteiger partial charge is 0.489 e. The first kappa shape index (κ1) is 19.5. The zero-order chi connectivity index (χ0) is 19.2. The van der Waals surface area contributed by atoms with Gasteiger partial charge in [-0.15, -0.1) is 0 Å². The number of hydrogen-bond donors (Lipinski definition) is 2. The molecular formula is C21H26N2O3. The minimum Gasteiger partial charge on any atom is -0.489 e. The Balaban J connectivity index is 2.03. The third kappa shape index (κ3) is 6.24. The summed E-state index contributed by atoms with van der Waals surface area (Å²) in [4.78, 5) is 11.9. The highest BCUT2D eigenvalue weighted by Gasteiger charge is 2.16. The molecule has 138 valence electrons. The van der Waals surface area contributed by atoms with Crippen LogP contribution < -0.4 is 10.1 Å². The van der Waals surface area contributed by atoms with Gasteiger partial charge >= 0.3 is 5.97 Å². The van der Waals surface area contributed by atoms with E-state index in [1.54, 1.807) is 6.92 Å². The van der Waals surface area contributed by atoms with Crippen LogP contribution in [0.3, 0.4) is 0 Å². The molecule has 0 saturated heterocycles. The summed E-state index contributed by atoms with van der Waals surface area (Å²) in [5, 5.41) is 11.0. The third-order valence-corrected chi connectivity index (χ3v) is 3.49. The van der Waals surface area contributed by atoms with Gasteiger partial charge in [0.15, 0.2) is 0 Å². The highest BCUT2D eigenvalue weighted by molar-refractivity contribution is 6.02. The van der Waals surface area contributed by atoms with Gasteiger partial charge in [0.1, 0.15) is 24.5 Å². The quantitative estimate of drug-likeness (QED) is 0.571. The molecule has 5 heteroatoms. The number of rotatable bonds is 7. The fraction of sp³-hybridized carbons (Fsp3) is 0.333. The first-order chi connectivity index (χ1) is 12.2. The van der Waals surface area contributed by atoms with Crippen molar-refractivity contribution in [3.05, 3.63) is 59.7 Å². The topological polar surface area (TPSA) is 71.4 Å². The number of esters is 1. The Morgan fingerprint density at radius 3 is 2.42 bits per heavy atom. The number of ether oxygens (including phenoxy) is 2. The van der Waals surface area contributed by atoms with Crippen LogP contribution in [-0.4, -0.2) is 23.8 Å². The van der Waals surface area contributed by atoms with E-state index in [1.807, 2.05) is 69.3 Å². The van der Waals surface area contributed by atoms with E-state index in [4.69, 9.17) is 14.9 Å². The molecule has 0 bridgehead atoms. The molecular weight excluding hydrogens is 328 g/mol. The molecule has 0 aromatic heterocycles. The zero-order valence-electron chi connectivity index (χ0n) is 15.8. The van der Waals surface area contributed by atoms with Gasteiger partial charge in [-0.25, -0.2) is 0 Å². The van der Waals surface area contributed by atoms with Gasteiger partial charge in [-0.1, -0.05) is 30.3 Å². The summed E-state index contributed by atoms with van der Waals surface area (Å²) in [5.74, 6) is 0.341. The smallest absolute Gasteiger partial charge is 0.325 e. The number of carbonyl (C=O) groups excluding carboxylic acids is 1. The van der Waals surface area contributed by atoms with Crippen LogP contribution in [0.5, 0.6) is 5.75 Å². The van der Waals surface area contributed by atoms with Crippen molar-refractivity contribution in [1.29, 1.82) is 5.41 Å². The summed E-state index contributed by atoms with van der Waals surface area (Å²) in [7, 11) is 0. The van der Waals surface area contributed by atoms with Crippen LogP contribution in [-0.2, 0) is 16.1 Å². The van der Waals surface area contributed by atoms with Crippen molar-refractivity contribution in [2.24, 2.45) is 0 Å². The van der Waals surface area contributed by atoms with E-state index in [1.165, 1.54) is 0 Å². The highest BCUT2D eigenvalue weighted by atomic mass is 16.6. The fourth-order valence-corrected chi connectivity index (χ4v) is 2.36. The van der Waals surface area contributed by atoms with Crippen molar-refractivity contribution in [3.63, 3.8) is 0 Å². The fourth-order valence-electron chi connectivity index (χ4n) is 2.36. The highest BCUT2D eigenvalue weighted by Crippen LogP contribution is 2.23. The summed E-state index contributed by atoms with van der Waals surface area (Å²) in [6.45, 7) is 7.70. The van der Waals surface area contributed by atoms with Crippen LogP contribution in [0.1, 0.15) is 38.8 Å². The Morgan fingerprint density at radius 1 is 1.12 bits per heavy atom.